The zero-order chi connectivity index (χ0) is 17.4. The average Bonchev–Trinajstić information content (AvgIpc) is 3.02. The molecule has 0 unspecified atom stereocenters. The minimum atomic E-state index is 0.0307. The molecule has 6 heteroatoms. The van der Waals surface area contributed by atoms with Crippen molar-refractivity contribution in [3.63, 3.8) is 0 Å². The van der Waals surface area contributed by atoms with Gasteiger partial charge in [-0.05, 0) is 19.3 Å². The van der Waals surface area contributed by atoms with E-state index in [-0.39, 0.29) is 11.9 Å². The van der Waals surface area contributed by atoms with Crippen LogP contribution in [-0.4, -0.2) is 32.9 Å². The van der Waals surface area contributed by atoms with Gasteiger partial charge in [0.05, 0.1) is 5.75 Å². The number of amides is 1. The number of carbonyl (C=O) groups excluding carboxylic acids is 1. The van der Waals surface area contributed by atoms with Crippen LogP contribution in [-0.2, 0) is 4.79 Å². The highest BCUT2D eigenvalue weighted by molar-refractivity contribution is 7.99. The predicted octanol–water partition coefficient (Wildman–Crippen LogP) is 3.89. The Morgan fingerprint density at radius 2 is 1.96 bits per heavy atom. The van der Waals surface area contributed by atoms with Crippen LogP contribution in [0.5, 0.6) is 0 Å². The quantitative estimate of drug-likeness (QED) is 0.676. The summed E-state index contributed by atoms with van der Waals surface area (Å²) in [5, 5.41) is 10.7. The molecule has 1 heterocycles. The molecule has 0 spiro atoms. The van der Waals surface area contributed by atoms with Crippen molar-refractivity contribution in [1.82, 2.24) is 20.5 Å². The fourth-order valence-electron chi connectivity index (χ4n) is 2.39. The lowest BCUT2D eigenvalue weighted by atomic mass is 10.0. The van der Waals surface area contributed by atoms with Crippen LogP contribution in [0.25, 0.3) is 11.4 Å². The molecule has 0 aliphatic heterocycles. The number of hydrogen-bond acceptors (Lipinski definition) is 4. The molecular formula is C18H26N4OS. The second-order valence-electron chi connectivity index (χ2n) is 6.41. The Balaban J connectivity index is 1.73. The number of rotatable bonds is 9. The van der Waals surface area contributed by atoms with E-state index in [9.17, 15) is 4.79 Å². The van der Waals surface area contributed by atoms with E-state index in [4.69, 9.17) is 0 Å². The highest BCUT2D eigenvalue weighted by Gasteiger charge is 2.11. The van der Waals surface area contributed by atoms with Crippen LogP contribution in [0.4, 0.5) is 0 Å². The third-order valence-corrected chi connectivity index (χ3v) is 4.52. The highest BCUT2D eigenvalue weighted by Crippen LogP contribution is 2.18. The number of hydrogen-bond donors (Lipinski definition) is 2. The van der Waals surface area contributed by atoms with Crippen LogP contribution in [0, 0.1) is 5.92 Å². The van der Waals surface area contributed by atoms with E-state index in [0.29, 0.717) is 16.8 Å². The molecule has 24 heavy (non-hydrogen) atoms. The molecule has 1 aromatic carbocycles. The van der Waals surface area contributed by atoms with E-state index >= 15 is 0 Å². The van der Waals surface area contributed by atoms with Crippen molar-refractivity contribution in [2.24, 2.45) is 5.92 Å². The first-order valence-corrected chi connectivity index (χ1v) is 9.43. The van der Waals surface area contributed by atoms with Crippen molar-refractivity contribution in [3.05, 3.63) is 30.3 Å². The number of thioether (sulfide) groups is 1. The number of aromatic amines is 1. The van der Waals surface area contributed by atoms with Crippen LogP contribution in [0.15, 0.2) is 35.5 Å². The van der Waals surface area contributed by atoms with Crippen molar-refractivity contribution in [3.8, 4) is 11.4 Å². The maximum absolute atomic E-state index is 12.0. The molecule has 0 saturated carbocycles. The monoisotopic (exact) mass is 346 g/mol. The molecular weight excluding hydrogens is 320 g/mol. The van der Waals surface area contributed by atoms with Crippen molar-refractivity contribution in [2.45, 2.75) is 51.2 Å². The van der Waals surface area contributed by atoms with E-state index in [2.05, 4.69) is 41.3 Å². The molecule has 0 aliphatic rings. The maximum atomic E-state index is 12.0. The molecule has 0 radical (unpaired) electrons. The standard InChI is InChI=1S/C18H26N4OS/c1-13(2)8-7-9-14(3)19-16(23)12-24-18-20-17(21-22-18)15-10-5-4-6-11-15/h4-6,10-11,13-14H,7-9,12H2,1-3H3,(H,19,23)(H,20,21,22)/t14-/m1/s1. The summed E-state index contributed by atoms with van der Waals surface area (Å²) in [5.41, 5.74) is 0.986. The minimum absolute atomic E-state index is 0.0307. The maximum Gasteiger partial charge on any atom is 0.230 e. The van der Waals surface area contributed by atoms with Gasteiger partial charge >= 0.3 is 0 Å². The lowest BCUT2D eigenvalue weighted by Crippen LogP contribution is -2.33. The second kappa shape index (κ2) is 9.47. The average molecular weight is 347 g/mol. The summed E-state index contributed by atoms with van der Waals surface area (Å²) < 4.78 is 0. The van der Waals surface area contributed by atoms with Crippen LogP contribution < -0.4 is 5.32 Å². The molecule has 0 saturated heterocycles. The smallest absolute Gasteiger partial charge is 0.230 e. The summed E-state index contributed by atoms with van der Waals surface area (Å²) in [7, 11) is 0. The molecule has 1 aromatic heterocycles. The van der Waals surface area contributed by atoms with E-state index in [1.807, 2.05) is 30.3 Å². The largest absolute Gasteiger partial charge is 0.353 e. The zero-order valence-corrected chi connectivity index (χ0v) is 15.4. The van der Waals surface area contributed by atoms with Crippen molar-refractivity contribution >= 4 is 17.7 Å². The number of nitrogens with one attached hydrogen (secondary N) is 2. The highest BCUT2D eigenvalue weighted by atomic mass is 32.2. The predicted molar refractivity (Wildman–Crippen MR) is 98.8 cm³/mol. The summed E-state index contributed by atoms with van der Waals surface area (Å²) in [5.74, 6) is 1.80. The second-order valence-corrected chi connectivity index (χ2v) is 7.36. The van der Waals surface area contributed by atoms with Crippen LogP contribution >= 0.6 is 11.8 Å². The molecule has 1 amide bonds. The van der Waals surface area contributed by atoms with E-state index in [1.54, 1.807) is 0 Å². The molecule has 5 nitrogen and oxygen atoms in total. The Morgan fingerprint density at radius 1 is 1.21 bits per heavy atom. The van der Waals surface area contributed by atoms with Crippen molar-refractivity contribution in [1.29, 1.82) is 0 Å². The van der Waals surface area contributed by atoms with E-state index in [0.717, 1.165) is 24.2 Å². The summed E-state index contributed by atoms with van der Waals surface area (Å²) in [6.07, 6.45) is 3.37. The van der Waals surface area contributed by atoms with Gasteiger partial charge in [-0.25, -0.2) is 4.98 Å². The molecule has 2 N–H and O–H groups in total. The zero-order valence-electron chi connectivity index (χ0n) is 14.6. The first kappa shape index (κ1) is 18.5. The van der Waals surface area contributed by atoms with Crippen LogP contribution in [0.1, 0.15) is 40.0 Å². The third-order valence-electron chi connectivity index (χ3n) is 3.67. The summed E-state index contributed by atoms with van der Waals surface area (Å²) in [6, 6.07) is 10.0. The lowest BCUT2D eigenvalue weighted by molar-refractivity contribution is -0.119. The molecule has 0 fully saturated rings. The normalized spacial score (nSPS) is 12.3. The lowest BCUT2D eigenvalue weighted by Gasteiger charge is -2.14. The van der Waals surface area contributed by atoms with Gasteiger partial charge in [0.2, 0.25) is 11.1 Å². The minimum Gasteiger partial charge on any atom is -0.353 e. The van der Waals surface area contributed by atoms with Crippen molar-refractivity contribution < 1.29 is 4.79 Å². The van der Waals surface area contributed by atoms with Gasteiger partial charge in [-0.2, -0.15) is 0 Å². The van der Waals surface area contributed by atoms with Gasteiger partial charge in [0.1, 0.15) is 0 Å². The number of H-pyrrole nitrogens is 1. The summed E-state index contributed by atoms with van der Waals surface area (Å²) in [6.45, 7) is 6.50. The first-order valence-electron chi connectivity index (χ1n) is 8.44. The Bertz CT molecular complexity index is 627. The van der Waals surface area contributed by atoms with Gasteiger partial charge in [-0.3, -0.25) is 9.89 Å². The summed E-state index contributed by atoms with van der Waals surface area (Å²) >= 11 is 1.35. The number of aromatic nitrogens is 3. The molecule has 1 atom stereocenters. The fourth-order valence-corrected chi connectivity index (χ4v) is 3.00. The van der Waals surface area contributed by atoms with Gasteiger partial charge < -0.3 is 5.32 Å². The van der Waals surface area contributed by atoms with Crippen LogP contribution in [0.3, 0.4) is 0 Å². The molecule has 2 aromatic rings. The van der Waals surface area contributed by atoms with Gasteiger partial charge in [0.25, 0.3) is 0 Å². The Hall–Kier alpha value is -1.82. The molecule has 0 bridgehead atoms. The topological polar surface area (TPSA) is 70.7 Å². The molecule has 130 valence electrons. The molecule has 0 aliphatic carbocycles. The third kappa shape index (κ3) is 6.35. The number of carbonyl (C=O) groups is 1. The number of nitrogens with zero attached hydrogens (tertiary/aromatic N) is 2. The van der Waals surface area contributed by atoms with Gasteiger partial charge in [0, 0.05) is 11.6 Å². The SMILES string of the molecule is CC(C)CCC[C@@H](C)NC(=O)CSc1n[nH]c(-c2ccccc2)n1. The summed E-state index contributed by atoms with van der Waals surface area (Å²) in [4.78, 5) is 16.4. The first-order chi connectivity index (χ1) is 11.5. The van der Waals surface area contributed by atoms with Crippen LogP contribution in [0.2, 0.25) is 0 Å². The van der Waals surface area contributed by atoms with Gasteiger partial charge in [0.15, 0.2) is 5.82 Å². The fraction of sp³-hybridized carbons (Fsp3) is 0.500. The van der Waals surface area contributed by atoms with Gasteiger partial charge in [-0.15, -0.1) is 5.10 Å². The van der Waals surface area contributed by atoms with Crippen molar-refractivity contribution in [2.75, 3.05) is 5.75 Å². The Kier molecular flexibility index (Phi) is 7.31. The van der Waals surface area contributed by atoms with Gasteiger partial charge in [-0.1, -0.05) is 68.8 Å². The number of benzene rings is 1. The Morgan fingerprint density at radius 3 is 2.67 bits per heavy atom. The Labute approximate surface area is 148 Å². The van der Waals surface area contributed by atoms with E-state index < -0.39 is 0 Å². The molecule has 2 rings (SSSR count). The van der Waals surface area contributed by atoms with E-state index in [1.165, 1.54) is 18.2 Å².